The van der Waals surface area contributed by atoms with Crippen molar-refractivity contribution in [1.29, 1.82) is 0 Å². The first-order valence-electron chi connectivity index (χ1n) is 11.9. The first-order valence-corrected chi connectivity index (χ1v) is 11.9. The fraction of sp³-hybridized carbons (Fsp3) is 0.448. The van der Waals surface area contributed by atoms with Crippen molar-refractivity contribution in [2.75, 3.05) is 13.7 Å². The first-order chi connectivity index (χ1) is 15.6. The molecule has 1 atom stereocenters. The lowest BCUT2D eigenvalue weighted by Gasteiger charge is -2.51. The van der Waals surface area contributed by atoms with Crippen LogP contribution in [0.2, 0.25) is 0 Å². The SMILES string of the molecule is COC1COc2cc3c(O)cc4c(c3cc2O1)-c1ccccc1C41CC(C)(C)CC(C)(C)C1. The summed E-state index contributed by atoms with van der Waals surface area (Å²) in [5, 5.41) is 13.1. The molecule has 1 N–H and O–H groups in total. The highest BCUT2D eigenvalue weighted by Crippen LogP contribution is 2.65. The molecule has 6 rings (SSSR count). The van der Waals surface area contributed by atoms with Gasteiger partial charge in [-0.05, 0) is 75.9 Å². The van der Waals surface area contributed by atoms with Gasteiger partial charge in [-0.1, -0.05) is 52.0 Å². The van der Waals surface area contributed by atoms with Crippen LogP contribution in [0.15, 0.2) is 42.5 Å². The maximum atomic E-state index is 11.3. The molecule has 0 radical (unpaired) electrons. The molecule has 172 valence electrons. The number of hydrogen-bond donors (Lipinski definition) is 1. The van der Waals surface area contributed by atoms with Crippen LogP contribution < -0.4 is 9.47 Å². The number of ether oxygens (including phenoxy) is 3. The Kier molecular flexibility index (Phi) is 4.21. The van der Waals surface area contributed by atoms with E-state index in [-0.39, 0.29) is 16.2 Å². The molecule has 4 nitrogen and oxygen atoms in total. The van der Waals surface area contributed by atoms with Crippen LogP contribution in [-0.4, -0.2) is 25.1 Å². The van der Waals surface area contributed by atoms with E-state index < -0.39 is 6.29 Å². The van der Waals surface area contributed by atoms with Gasteiger partial charge in [-0.3, -0.25) is 0 Å². The fourth-order valence-electron chi connectivity index (χ4n) is 7.49. The standard InChI is InChI=1S/C29H32O4/c1-27(2)14-28(3,4)16-29(15-27)20-9-7-6-8-17(20)26-19-11-24-23(32-13-25(31-5)33-24)10-18(19)22(30)12-21(26)29/h6-12,25,30H,13-16H2,1-5H3. The molecule has 0 bridgehead atoms. The molecule has 3 aromatic carbocycles. The molecular weight excluding hydrogens is 412 g/mol. The van der Waals surface area contributed by atoms with E-state index in [9.17, 15) is 5.11 Å². The normalized spacial score (nSPS) is 23.4. The number of benzene rings is 3. The van der Waals surface area contributed by atoms with Crippen molar-refractivity contribution in [3.63, 3.8) is 0 Å². The zero-order valence-corrected chi connectivity index (χ0v) is 20.1. The number of methoxy groups -OCH3 is 1. The summed E-state index contributed by atoms with van der Waals surface area (Å²) in [4.78, 5) is 0. The highest BCUT2D eigenvalue weighted by molar-refractivity contribution is 6.06. The molecule has 0 saturated heterocycles. The number of aromatic hydroxyl groups is 1. The van der Waals surface area contributed by atoms with E-state index in [0.29, 0.717) is 23.9 Å². The Balaban J connectivity index is 1.67. The first kappa shape index (κ1) is 20.9. The van der Waals surface area contributed by atoms with Gasteiger partial charge in [0, 0.05) is 17.9 Å². The summed E-state index contributed by atoms with van der Waals surface area (Å²) in [6.07, 6.45) is 2.89. The Morgan fingerprint density at radius 2 is 1.58 bits per heavy atom. The summed E-state index contributed by atoms with van der Waals surface area (Å²) < 4.78 is 17.3. The highest BCUT2D eigenvalue weighted by Gasteiger charge is 2.53. The number of fused-ring (bicyclic) bond motifs is 8. The van der Waals surface area contributed by atoms with E-state index >= 15 is 0 Å². The fourth-order valence-corrected chi connectivity index (χ4v) is 7.49. The molecule has 1 unspecified atom stereocenters. The molecule has 33 heavy (non-hydrogen) atoms. The van der Waals surface area contributed by atoms with Gasteiger partial charge in [0.25, 0.3) is 0 Å². The van der Waals surface area contributed by atoms with Crippen molar-refractivity contribution in [2.45, 2.75) is 58.7 Å². The lowest BCUT2D eigenvalue weighted by atomic mass is 9.52. The smallest absolute Gasteiger partial charge is 0.234 e. The van der Waals surface area contributed by atoms with Crippen molar-refractivity contribution in [1.82, 2.24) is 0 Å². The molecule has 0 aromatic heterocycles. The third-order valence-corrected chi connectivity index (χ3v) is 7.82. The predicted octanol–water partition coefficient (Wildman–Crippen LogP) is 6.79. The quantitative estimate of drug-likeness (QED) is 0.449. The molecule has 1 saturated carbocycles. The monoisotopic (exact) mass is 444 g/mol. The van der Waals surface area contributed by atoms with Crippen molar-refractivity contribution in [3.05, 3.63) is 53.6 Å². The highest BCUT2D eigenvalue weighted by atomic mass is 16.7. The molecule has 3 aliphatic rings. The average molecular weight is 445 g/mol. The summed E-state index contributed by atoms with van der Waals surface area (Å²) in [6.45, 7) is 9.90. The largest absolute Gasteiger partial charge is 0.507 e. The molecule has 2 aliphatic carbocycles. The van der Waals surface area contributed by atoms with Crippen LogP contribution in [-0.2, 0) is 10.2 Å². The summed E-state index contributed by atoms with van der Waals surface area (Å²) in [7, 11) is 1.62. The van der Waals surface area contributed by atoms with E-state index in [1.807, 2.05) is 18.2 Å². The van der Waals surface area contributed by atoms with Crippen molar-refractivity contribution < 1.29 is 19.3 Å². The van der Waals surface area contributed by atoms with Gasteiger partial charge >= 0.3 is 0 Å². The molecule has 4 heteroatoms. The Hall–Kier alpha value is -2.72. The van der Waals surface area contributed by atoms with Gasteiger partial charge in [-0.2, -0.15) is 0 Å². The molecule has 1 spiro atoms. The van der Waals surface area contributed by atoms with Crippen LogP contribution in [0.3, 0.4) is 0 Å². The third kappa shape index (κ3) is 3.00. The second kappa shape index (κ2) is 6.66. The molecule has 3 aromatic rings. The van der Waals surface area contributed by atoms with Gasteiger partial charge in [0.2, 0.25) is 6.29 Å². The number of hydrogen-bond acceptors (Lipinski definition) is 4. The predicted molar refractivity (Wildman–Crippen MR) is 130 cm³/mol. The summed E-state index contributed by atoms with van der Waals surface area (Å²) in [6, 6.07) is 14.8. The van der Waals surface area contributed by atoms with Gasteiger partial charge in [0.1, 0.15) is 5.75 Å². The zero-order valence-electron chi connectivity index (χ0n) is 20.1. The number of phenolic OH excluding ortho intramolecular Hbond substituents is 1. The molecule has 1 heterocycles. The minimum Gasteiger partial charge on any atom is -0.507 e. The van der Waals surface area contributed by atoms with E-state index in [1.165, 1.54) is 28.7 Å². The van der Waals surface area contributed by atoms with E-state index in [2.05, 4.69) is 52.0 Å². The van der Waals surface area contributed by atoms with Crippen LogP contribution in [0.5, 0.6) is 17.2 Å². The minimum absolute atomic E-state index is 0.120. The number of rotatable bonds is 1. The maximum absolute atomic E-state index is 11.3. The number of phenols is 1. The van der Waals surface area contributed by atoms with E-state index in [4.69, 9.17) is 14.2 Å². The van der Waals surface area contributed by atoms with Crippen LogP contribution in [0, 0.1) is 10.8 Å². The lowest BCUT2D eigenvalue weighted by molar-refractivity contribution is -0.0941. The average Bonchev–Trinajstić information content (AvgIpc) is 2.99. The van der Waals surface area contributed by atoms with Crippen LogP contribution >= 0.6 is 0 Å². The minimum atomic E-state index is -0.432. The van der Waals surface area contributed by atoms with Crippen molar-refractivity contribution in [3.8, 4) is 28.4 Å². The van der Waals surface area contributed by atoms with E-state index in [0.717, 1.165) is 23.6 Å². The van der Waals surface area contributed by atoms with Crippen LogP contribution in [0.25, 0.3) is 21.9 Å². The topological polar surface area (TPSA) is 47.9 Å². The second-order valence-corrected chi connectivity index (χ2v) is 11.7. The molecule has 1 aliphatic heterocycles. The summed E-state index contributed by atoms with van der Waals surface area (Å²) in [5.41, 5.74) is 5.39. The Morgan fingerprint density at radius 1 is 0.879 bits per heavy atom. The van der Waals surface area contributed by atoms with Crippen LogP contribution in [0.4, 0.5) is 0 Å². The van der Waals surface area contributed by atoms with Crippen molar-refractivity contribution in [2.24, 2.45) is 10.8 Å². The zero-order chi connectivity index (χ0) is 23.2. The summed E-state index contributed by atoms with van der Waals surface area (Å²) >= 11 is 0. The lowest BCUT2D eigenvalue weighted by Crippen LogP contribution is -2.43. The van der Waals surface area contributed by atoms with Gasteiger partial charge in [0.15, 0.2) is 18.1 Å². The Labute approximate surface area is 195 Å². The second-order valence-electron chi connectivity index (χ2n) is 11.7. The van der Waals surface area contributed by atoms with Gasteiger partial charge in [0.05, 0.1) is 0 Å². The van der Waals surface area contributed by atoms with Gasteiger partial charge in [-0.15, -0.1) is 0 Å². The Bertz CT molecular complexity index is 1270. The molecule has 1 fully saturated rings. The summed E-state index contributed by atoms with van der Waals surface area (Å²) in [5.74, 6) is 1.61. The maximum Gasteiger partial charge on any atom is 0.234 e. The Morgan fingerprint density at radius 3 is 2.30 bits per heavy atom. The van der Waals surface area contributed by atoms with Crippen molar-refractivity contribution >= 4 is 10.8 Å². The third-order valence-electron chi connectivity index (χ3n) is 7.82. The van der Waals surface area contributed by atoms with Gasteiger partial charge < -0.3 is 19.3 Å². The van der Waals surface area contributed by atoms with Crippen LogP contribution in [0.1, 0.15) is 58.1 Å². The molecular formula is C29H32O4. The van der Waals surface area contributed by atoms with Gasteiger partial charge in [-0.25, -0.2) is 0 Å². The van der Waals surface area contributed by atoms with E-state index in [1.54, 1.807) is 7.11 Å². The molecule has 0 amide bonds.